The summed E-state index contributed by atoms with van der Waals surface area (Å²) in [5.74, 6) is 8.42. The third-order valence-corrected chi connectivity index (χ3v) is 7.88. The molecule has 184 valence electrons. The molecule has 1 aliphatic carbocycles. The van der Waals surface area contributed by atoms with Gasteiger partial charge in [-0.25, -0.2) is 15.0 Å². The molecule has 5 heteroatoms. The maximum absolute atomic E-state index is 5.04. The summed E-state index contributed by atoms with van der Waals surface area (Å²) in [6.45, 7) is 0. The summed E-state index contributed by atoms with van der Waals surface area (Å²) in [6, 6.07) is 27.2. The molecule has 0 atom stereocenters. The van der Waals surface area contributed by atoms with Crippen molar-refractivity contribution in [2.45, 2.75) is 12.8 Å². The van der Waals surface area contributed by atoms with Crippen LogP contribution in [0.2, 0.25) is 0 Å². The molecule has 4 nitrogen and oxygen atoms in total. The predicted molar refractivity (Wildman–Crippen MR) is 161 cm³/mol. The van der Waals surface area contributed by atoms with Crippen LogP contribution < -0.4 is 0 Å². The van der Waals surface area contributed by atoms with Crippen molar-refractivity contribution in [2.75, 3.05) is 0 Å². The number of benzene rings is 3. The Morgan fingerprint density at radius 2 is 1.56 bits per heavy atom. The third kappa shape index (κ3) is 4.52. The van der Waals surface area contributed by atoms with Crippen molar-refractivity contribution in [1.29, 1.82) is 0 Å². The first kappa shape index (κ1) is 23.2. The maximum atomic E-state index is 5.04. The van der Waals surface area contributed by atoms with Crippen molar-refractivity contribution < 1.29 is 0 Å². The molecule has 0 aliphatic heterocycles. The standard InChI is InChI=1S/C34H22N4S/c1-2-5-11-23(12-6-3-1)32-36-33(24-13-7-4-8-14-24)38-34(37-32)27-16-9-17-30-31(27)28-21-25(18-19-29(28)39-30)26-15-10-20-35-22-26/h2,4-5,7-11,13-22H,1,12H2/b5-2-,23-11+. The monoisotopic (exact) mass is 518 g/mol. The van der Waals surface area contributed by atoms with Crippen molar-refractivity contribution in [3.05, 3.63) is 115 Å². The Labute approximate surface area is 230 Å². The molecule has 3 aromatic carbocycles. The molecule has 0 unspecified atom stereocenters. The molecule has 0 N–H and O–H groups in total. The van der Waals surface area contributed by atoms with Gasteiger partial charge < -0.3 is 0 Å². The molecule has 0 saturated heterocycles. The minimum atomic E-state index is 0.599. The maximum Gasteiger partial charge on any atom is 0.164 e. The van der Waals surface area contributed by atoms with E-state index in [9.17, 15) is 0 Å². The zero-order valence-electron chi connectivity index (χ0n) is 21.0. The van der Waals surface area contributed by atoms with Gasteiger partial charge >= 0.3 is 0 Å². The fourth-order valence-corrected chi connectivity index (χ4v) is 5.95. The van der Waals surface area contributed by atoms with Gasteiger partial charge in [0.05, 0.1) is 0 Å². The summed E-state index contributed by atoms with van der Waals surface area (Å²) in [4.78, 5) is 19.3. The molecular weight excluding hydrogens is 496 g/mol. The molecule has 0 radical (unpaired) electrons. The van der Waals surface area contributed by atoms with Crippen LogP contribution in [-0.2, 0) is 0 Å². The number of rotatable bonds is 4. The Hall–Kier alpha value is -4.92. The van der Waals surface area contributed by atoms with Gasteiger partial charge in [-0.1, -0.05) is 84.7 Å². The lowest BCUT2D eigenvalue weighted by molar-refractivity contribution is 1.03. The number of thiophene rings is 1. The van der Waals surface area contributed by atoms with Crippen LogP contribution in [0.15, 0.2) is 109 Å². The Morgan fingerprint density at radius 3 is 2.46 bits per heavy atom. The van der Waals surface area contributed by atoms with E-state index in [1.54, 1.807) is 17.5 Å². The Bertz CT molecular complexity index is 1960. The smallest absolute Gasteiger partial charge is 0.164 e. The normalized spacial score (nSPS) is 15.1. The fourth-order valence-electron chi connectivity index (χ4n) is 4.84. The van der Waals surface area contributed by atoms with Gasteiger partial charge in [-0.05, 0) is 29.8 Å². The number of allylic oxidation sites excluding steroid dienone is 4. The summed E-state index contributed by atoms with van der Waals surface area (Å²) in [5.41, 5.74) is 5.17. The highest BCUT2D eigenvalue weighted by atomic mass is 32.1. The van der Waals surface area contributed by atoms with Gasteiger partial charge in [0.1, 0.15) is 0 Å². The van der Waals surface area contributed by atoms with E-state index < -0.39 is 0 Å². The minimum absolute atomic E-state index is 0.599. The zero-order chi connectivity index (χ0) is 26.0. The van der Waals surface area contributed by atoms with Crippen LogP contribution in [0.5, 0.6) is 0 Å². The van der Waals surface area contributed by atoms with Crippen LogP contribution >= 0.6 is 11.3 Å². The van der Waals surface area contributed by atoms with Gasteiger partial charge in [0.15, 0.2) is 17.5 Å². The number of pyridine rings is 1. The van der Waals surface area contributed by atoms with Gasteiger partial charge in [0, 0.05) is 67.7 Å². The van der Waals surface area contributed by atoms with Crippen LogP contribution in [0.1, 0.15) is 18.7 Å². The summed E-state index contributed by atoms with van der Waals surface area (Å²) >= 11 is 1.79. The average Bonchev–Trinajstić information content (AvgIpc) is 3.36. The van der Waals surface area contributed by atoms with Crippen LogP contribution in [0.4, 0.5) is 0 Å². The summed E-state index contributed by atoms with van der Waals surface area (Å²) in [6.07, 6.45) is 11.2. The van der Waals surface area contributed by atoms with Crippen molar-refractivity contribution in [3.63, 3.8) is 0 Å². The van der Waals surface area contributed by atoms with E-state index in [0.29, 0.717) is 23.9 Å². The van der Waals surface area contributed by atoms with E-state index in [4.69, 9.17) is 15.0 Å². The van der Waals surface area contributed by atoms with Crippen LogP contribution in [0, 0.1) is 11.8 Å². The first-order valence-corrected chi connectivity index (χ1v) is 13.6. The van der Waals surface area contributed by atoms with E-state index in [1.165, 1.54) is 14.8 Å². The number of fused-ring (bicyclic) bond motifs is 3. The van der Waals surface area contributed by atoms with Crippen molar-refractivity contribution in [3.8, 4) is 45.7 Å². The lowest BCUT2D eigenvalue weighted by Gasteiger charge is -2.11. The molecule has 6 aromatic rings. The van der Waals surface area contributed by atoms with Crippen molar-refractivity contribution >= 4 is 37.1 Å². The first-order valence-electron chi connectivity index (χ1n) is 12.8. The van der Waals surface area contributed by atoms with Gasteiger partial charge in [-0.15, -0.1) is 11.3 Å². The highest BCUT2D eigenvalue weighted by Gasteiger charge is 2.18. The number of hydrogen-bond acceptors (Lipinski definition) is 5. The average molecular weight is 519 g/mol. The van der Waals surface area contributed by atoms with Crippen LogP contribution in [0.25, 0.3) is 59.6 Å². The van der Waals surface area contributed by atoms with Gasteiger partial charge in [0.2, 0.25) is 0 Å². The lowest BCUT2D eigenvalue weighted by Crippen LogP contribution is -2.03. The molecule has 39 heavy (non-hydrogen) atoms. The number of nitrogens with zero attached hydrogens (tertiary/aromatic N) is 4. The molecule has 0 spiro atoms. The van der Waals surface area contributed by atoms with Crippen molar-refractivity contribution in [2.24, 2.45) is 0 Å². The topological polar surface area (TPSA) is 51.6 Å². The summed E-state index contributed by atoms with van der Waals surface area (Å²) in [7, 11) is 0. The van der Waals surface area contributed by atoms with E-state index >= 15 is 0 Å². The third-order valence-electron chi connectivity index (χ3n) is 6.74. The lowest BCUT2D eigenvalue weighted by atomic mass is 10.0. The molecule has 0 saturated carbocycles. The second-order valence-electron chi connectivity index (χ2n) is 9.26. The molecule has 7 rings (SSSR count). The minimum Gasteiger partial charge on any atom is -0.264 e. The molecule has 3 heterocycles. The van der Waals surface area contributed by atoms with Crippen LogP contribution in [0.3, 0.4) is 0 Å². The van der Waals surface area contributed by atoms with E-state index in [2.05, 4.69) is 71.4 Å². The molecule has 0 fully saturated rings. The second kappa shape index (κ2) is 10.1. The Morgan fingerprint density at radius 1 is 0.692 bits per heavy atom. The largest absolute Gasteiger partial charge is 0.264 e. The summed E-state index contributed by atoms with van der Waals surface area (Å²) < 4.78 is 2.43. The molecule has 1 aliphatic rings. The Balaban J connectivity index is 1.47. The quantitative estimate of drug-likeness (QED) is 0.220. The SMILES string of the molecule is C1#CC/C(c2nc(-c3ccccc3)nc(-c3cccc4sc5ccc(-c6cccnc6)cc5c34)n2)=C\C=C/C1. The van der Waals surface area contributed by atoms with Gasteiger partial charge in [-0.3, -0.25) is 4.98 Å². The van der Waals surface area contributed by atoms with Gasteiger partial charge in [-0.2, -0.15) is 0 Å². The molecule has 3 aromatic heterocycles. The van der Waals surface area contributed by atoms with Crippen molar-refractivity contribution in [1.82, 2.24) is 19.9 Å². The van der Waals surface area contributed by atoms with Gasteiger partial charge in [0.25, 0.3) is 0 Å². The summed E-state index contributed by atoms with van der Waals surface area (Å²) in [5, 5.41) is 2.35. The second-order valence-corrected chi connectivity index (χ2v) is 10.3. The predicted octanol–water partition coefficient (Wildman–Crippen LogP) is 8.37. The van der Waals surface area contributed by atoms with E-state index in [0.717, 1.165) is 39.6 Å². The van der Waals surface area contributed by atoms with E-state index in [1.807, 2.05) is 48.7 Å². The fraction of sp³-hybridized carbons (Fsp3) is 0.0588. The number of hydrogen-bond donors (Lipinski definition) is 0. The Kier molecular flexibility index (Phi) is 6.01. The van der Waals surface area contributed by atoms with Crippen LogP contribution in [-0.4, -0.2) is 19.9 Å². The highest BCUT2D eigenvalue weighted by molar-refractivity contribution is 7.25. The molecule has 0 amide bonds. The zero-order valence-corrected chi connectivity index (χ0v) is 21.8. The molecule has 0 bridgehead atoms. The highest BCUT2D eigenvalue weighted by Crippen LogP contribution is 2.41. The molecular formula is C34H22N4S. The van der Waals surface area contributed by atoms with E-state index in [-0.39, 0.29) is 0 Å². The number of aromatic nitrogens is 4. The first-order chi connectivity index (χ1) is 19.3.